The van der Waals surface area contributed by atoms with E-state index in [0.29, 0.717) is 0 Å². The summed E-state index contributed by atoms with van der Waals surface area (Å²) in [6.07, 6.45) is 0. The van der Waals surface area contributed by atoms with Crippen molar-refractivity contribution in [1.29, 1.82) is 0 Å². The van der Waals surface area contributed by atoms with E-state index in [-0.39, 0.29) is 0 Å². The fraction of sp³-hybridized carbons (Fsp3) is 1.00. The molecule has 0 aliphatic carbocycles. The molecule has 0 atom stereocenters. The van der Waals surface area contributed by atoms with Crippen LogP contribution in [-0.4, -0.2) is 22.7 Å². The fourth-order valence-electron chi connectivity index (χ4n) is 0.402. The molecule has 0 fully saturated rings. The lowest BCUT2D eigenvalue weighted by Crippen LogP contribution is -2.56. The van der Waals surface area contributed by atoms with E-state index in [0.717, 1.165) is 0 Å². The predicted molar refractivity (Wildman–Crippen MR) is 53.2 cm³/mol. The van der Waals surface area contributed by atoms with Crippen LogP contribution in [0.5, 0.6) is 0 Å². The maximum absolute atomic E-state index is 10.4. The normalized spacial score (nSPS) is 12.2. The van der Waals surface area contributed by atoms with Gasteiger partial charge in [0.05, 0.1) is 4.92 Å². The van der Waals surface area contributed by atoms with Gasteiger partial charge < -0.3 is 0 Å². The SMILES string of the molecule is O=[N+]([O-])C(Br)(Br)C(Br)([N+](=O)[O-])[N+](=O)[O-]. The summed E-state index contributed by atoms with van der Waals surface area (Å²) in [6, 6.07) is 0. The van der Waals surface area contributed by atoms with Gasteiger partial charge in [-0.15, -0.1) is 0 Å². The van der Waals surface area contributed by atoms with Crippen molar-refractivity contribution >= 4 is 47.8 Å². The van der Waals surface area contributed by atoms with Crippen LogP contribution < -0.4 is 0 Å². The Kier molecular flexibility index (Phi) is 3.92. The quantitative estimate of drug-likeness (QED) is 0.229. The minimum absolute atomic E-state index is 1.24. The first-order valence-electron chi connectivity index (χ1n) is 2.58. The van der Waals surface area contributed by atoms with Gasteiger partial charge in [0.2, 0.25) is 0 Å². The summed E-state index contributed by atoms with van der Waals surface area (Å²) in [5.74, 6) is 0. The maximum Gasteiger partial charge on any atom is 0.599 e. The zero-order chi connectivity index (χ0) is 11.7. The molecule has 0 aromatic carbocycles. The highest BCUT2D eigenvalue weighted by molar-refractivity contribution is 9.26. The number of nitro groups is 3. The molecule has 0 saturated carbocycles. The van der Waals surface area contributed by atoms with Gasteiger partial charge in [0, 0.05) is 31.9 Å². The molecule has 12 heteroatoms. The minimum Gasteiger partial charge on any atom is -0.262 e. The lowest BCUT2D eigenvalue weighted by molar-refractivity contribution is -0.792. The molecule has 0 saturated heterocycles. The third-order valence-corrected chi connectivity index (χ3v) is 5.00. The molecule has 0 rings (SSSR count). The molecule has 14 heavy (non-hydrogen) atoms. The number of hydrogen-bond donors (Lipinski definition) is 0. The molecule has 0 heterocycles. The smallest absolute Gasteiger partial charge is 0.262 e. The van der Waals surface area contributed by atoms with Crippen molar-refractivity contribution in [3.63, 3.8) is 0 Å². The molecule has 9 nitrogen and oxygen atoms in total. The number of nitrogens with zero attached hydrogens (tertiary/aromatic N) is 3. The van der Waals surface area contributed by atoms with Crippen LogP contribution in [0, 0.1) is 30.3 Å². The predicted octanol–water partition coefficient (Wildman–Crippen LogP) is 1.31. The monoisotopic (exact) mass is 399 g/mol. The second-order valence-corrected chi connectivity index (χ2v) is 6.36. The molecule has 0 unspecified atom stereocenters. The molecular weight excluding hydrogens is 402 g/mol. The highest BCUT2D eigenvalue weighted by Crippen LogP contribution is 2.44. The van der Waals surface area contributed by atoms with E-state index >= 15 is 0 Å². The van der Waals surface area contributed by atoms with Crippen LogP contribution in [0.2, 0.25) is 0 Å². The van der Waals surface area contributed by atoms with Crippen molar-refractivity contribution in [2.24, 2.45) is 0 Å². The Morgan fingerprint density at radius 2 is 1.07 bits per heavy atom. The average Bonchev–Trinajstić information content (AvgIpc) is 2.01. The lowest BCUT2D eigenvalue weighted by Gasteiger charge is -2.16. The first-order valence-corrected chi connectivity index (χ1v) is 4.96. The molecule has 0 aromatic rings. The molecule has 0 bridgehead atoms. The summed E-state index contributed by atoms with van der Waals surface area (Å²) in [6.45, 7) is 0. The van der Waals surface area contributed by atoms with Crippen LogP contribution >= 0.6 is 47.8 Å². The van der Waals surface area contributed by atoms with Crippen molar-refractivity contribution in [2.45, 2.75) is 7.93 Å². The lowest BCUT2D eigenvalue weighted by atomic mass is 10.5. The Morgan fingerprint density at radius 3 is 1.14 bits per heavy atom. The van der Waals surface area contributed by atoms with Crippen molar-refractivity contribution < 1.29 is 14.8 Å². The van der Waals surface area contributed by atoms with E-state index in [9.17, 15) is 30.3 Å². The molecule has 0 N–H and O–H groups in total. The van der Waals surface area contributed by atoms with Crippen LogP contribution in [0.25, 0.3) is 0 Å². The van der Waals surface area contributed by atoms with Gasteiger partial charge in [0.25, 0.3) is 0 Å². The number of hydrogen-bond acceptors (Lipinski definition) is 6. The van der Waals surface area contributed by atoms with Crippen molar-refractivity contribution in [3.05, 3.63) is 30.3 Å². The first-order chi connectivity index (χ1) is 6.08. The van der Waals surface area contributed by atoms with Crippen LogP contribution in [-0.2, 0) is 0 Å². The molecule has 0 aliphatic rings. The standard InChI is InChI=1S/C2Br3N3O6/c3-1(4,6(9)10)2(5,7(11)12)8(13)14. The molecule has 0 amide bonds. The van der Waals surface area contributed by atoms with E-state index in [1.807, 2.05) is 0 Å². The Morgan fingerprint density at radius 1 is 0.786 bits per heavy atom. The average molecular weight is 402 g/mol. The highest BCUT2D eigenvalue weighted by Gasteiger charge is 2.79. The van der Waals surface area contributed by atoms with Crippen LogP contribution in [0.15, 0.2) is 0 Å². The van der Waals surface area contributed by atoms with Gasteiger partial charge >= 0.3 is 7.93 Å². The second-order valence-electron chi connectivity index (χ2n) is 1.90. The molecule has 0 aliphatic heterocycles. The molecular formula is C2Br3N3O6. The third kappa shape index (κ3) is 1.86. The van der Waals surface area contributed by atoms with E-state index in [4.69, 9.17) is 0 Å². The van der Waals surface area contributed by atoms with Gasteiger partial charge in [-0.05, 0) is 0 Å². The number of alkyl halides is 3. The Bertz CT molecular complexity index is 289. The molecule has 0 aromatic heterocycles. The first kappa shape index (κ1) is 13.6. The topological polar surface area (TPSA) is 129 Å². The van der Waals surface area contributed by atoms with E-state index in [2.05, 4.69) is 47.8 Å². The Balaban J connectivity index is 5.55. The van der Waals surface area contributed by atoms with Gasteiger partial charge in [0.15, 0.2) is 0 Å². The summed E-state index contributed by atoms with van der Waals surface area (Å²) in [7, 11) is 0. The fourth-order valence-corrected chi connectivity index (χ4v) is 1.13. The Labute approximate surface area is 101 Å². The maximum atomic E-state index is 10.4. The highest BCUT2D eigenvalue weighted by atomic mass is 79.9. The summed E-state index contributed by atoms with van der Waals surface area (Å²) in [5.41, 5.74) is 0. The Hall–Kier alpha value is -0.360. The zero-order valence-corrected chi connectivity index (χ0v) is 10.7. The van der Waals surface area contributed by atoms with E-state index < -0.39 is 22.7 Å². The third-order valence-electron chi connectivity index (χ3n) is 1.10. The number of halogens is 3. The number of rotatable bonds is 4. The van der Waals surface area contributed by atoms with Crippen molar-refractivity contribution in [2.75, 3.05) is 0 Å². The van der Waals surface area contributed by atoms with E-state index in [1.54, 1.807) is 0 Å². The van der Waals surface area contributed by atoms with Crippen LogP contribution in [0.3, 0.4) is 0 Å². The minimum atomic E-state index is -3.19. The van der Waals surface area contributed by atoms with Crippen molar-refractivity contribution in [1.82, 2.24) is 0 Å². The summed E-state index contributed by atoms with van der Waals surface area (Å²) in [4.78, 5) is 27.0. The second kappa shape index (κ2) is 4.02. The zero-order valence-electron chi connectivity index (χ0n) is 5.93. The van der Waals surface area contributed by atoms with Crippen LogP contribution in [0.1, 0.15) is 0 Å². The van der Waals surface area contributed by atoms with E-state index in [1.165, 1.54) is 0 Å². The molecule has 0 spiro atoms. The van der Waals surface area contributed by atoms with Gasteiger partial charge in [-0.1, -0.05) is 0 Å². The van der Waals surface area contributed by atoms with Gasteiger partial charge in [0.1, 0.15) is 25.8 Å². The summed E-state index contributed by atoms with van der Waals surface area (Å²) < 4.78 is -5.93. The van der Waals surface area contributed by atoms with Crippen molar-refractivity contribution in [3.8, 4) is 0 Å². The summed E-state index contributed by atoms with van der Waals surface area (Å²) >= 11 is 6.62. The summed E-state index contributed by atoms with van der Waals surface area (Å²) in [5, 5.41) is 31.1. The van der Waals surface area contributed by atoms with Crippen LogP contribution in [0.4, 0.5) is 0 Å². The molecule has 80 valence electrons. The van der Waals surface area contributed by atoms with Gasteiger partial charge in [-0.2, -0.15) is 0 Å². The van der Waals surface area contributed by atoms with Gasteiger partial charge in [-0.25, -0.2) is 0 Å². The van der Waals surface area contributed by atoms with Gasteiger partial charge in [-0.3, -0.25) is 30.3 Å². The largest absolute Gasteiger partial charge is 0.599 e. The molecule has 0 radical (unpaired) electrons.